The highest BCUT2D eigenvalue weighted by molar-refractivity contribution is 7.99. The summed E-state index contributed by atoms with van der Waals surface area (Å²) in [6, 6.07) is 0.307. The van der Waals surface area contributed by atoms with Gasteiger partial charge in [0.15, 0.2) is 0 Å². The molecular weight excluding hydrogens is 232 g/mol. The average molecular weight is 258 g/mol. The molecule has 0 bridgehead atoms. The van der Waals surface area contributed by atoms with Crippen molar-refractivity contribution in [3.63, 3.8) is 0 Å². The summed E-state index contributed by atoms with van der Waals surface area (Å²) >= 11 is 1.91. The van der Waals surface area contributed by atoms with E-state index in [4.69, 9.17) is 0 Å². The van der Waals surface area contributed by atoms with E-state index in [1.807, 2.05) is 18.7 Å². The van der Waals surface area contributed by atoms with Gasteiger partial charge in [0.2, 0.25) is 5.91 Å². The molecule has 1 fully saturated rings. The molecule has 17 heavy (non-hydrogen) atoms. The molecule has 3 nitrogen and oxygen atoms in total. The Morgan fingerprint density at radius 1 is 1.41 bits per heavy atom. The summed E-state index contributed by atoms with van der Waals surface area (Å²) in [5, 5.41) is 3.41. The van der Waals surface area contributed by atoms with Gasteiger partial charge in [0.25, 0.3) is 0 Å². The molecule has 0 spiro atoms. The Balaban J connectivity index is 2.65. The summed E-state index contributed by atoms with van der Waals surface area (Å²) < 4.78 is 0. The van der Waals surface area contributed by atoms with Crippen LogP contribution in [0.4, 0.5) is 0 Å². The number of amides is 1. The predicted molar refractivity (Wildman–Crippen MR) is 75.1 cm³/mol. The van der Waals surface area contributed by atoms with E-state index >= 15 is 0 Å². The molecule has 0 saturated carbocycles. The van der Waals surface area contributed by atoms with Crippen molar-refractivity contribution >= 4 is 17.7 Å². The number of nitrogens with zero attached hydrogens (tertiary/aromatic N) is 1. The van der Waals surface area contributed by atoms with Crippen LogP contribution in [0.1, 0.15) is 41.0 Å². The number of hydrogen-bond acceptors (Lipinski definition) is 3. The normalized spacial score (nSPS) is 26.9. The zero-order valence-electron chi connectivity index (χ0n) is 11.7. The van der Waals surface area contributed by atoms with Gasteiger partial charge in [-0.05, 0) is 31.9 Å². The van der Waals surface area contributed by atoms with Crippen LogP contribution < -0.4 is 5.32 Å². The number of hydrogen-bond donors (Lipinski definition) is 1. The summed E-state index contributed by atoms with van der Waals surface area (Å²) in [7, 11) is 0. The van der Waals surface area contributed by atoms with E-state index in [1.165, 1.54) is 0 Å². The van der Waals surface area contributed by atoms with Crippen molar-refractivity contribution in [2.75, 3.05) is 11.5 Å². The molecule has 0 radical (unpaired) electrons. The predicted octanol–water partition coefficient (Wildman–Crippen LogP) is 2.32. The quantitative estimate of drug-likeness (QED) is 0.793. The molecule has 1 saturated heterocycles. The van der Waals surface area contributed by atoms with Crippen LogP contribution in [-0.4, -0.2) is 40.6 Å². The van der Waals surface area contributed by atoms with Gasteiger partial charge in [-0.1, -0.05) is 20.8 Å². The highest BCUT2D eigenvalue weighted by Gasteiger charge is 2.38. The molecule has 0 aliphatic carbocycles. The summed E-state index contributed by atoms with van der Waals surface area (Å²) in [4.78, 5) is 14.2. The highest BCUT2D eigenvalue weighted by atomic mass is 32.2. The molecule has 3 unspecified atom stereocenters. The molecule has 3 atom stereocenters. The van der Waals surface area contributed by atoms with E-state index < -0.39 is 0 Å². The number of thioether (sulfide) groups is 1. The van der Waals surface area contributed by atoms with Crippen LogP contribution in [0, 0.1) is 5.92 Å². The minimum Gasteiger partial charge on any atom is -0.322 e. The van der Waals surface area contributed by atoms with Crippen LogP contribution in [-0.2, 0) is 4.79 Å². The Morgan fingerprint density at radius 3 is 2.59 bits per heavy atom. The van der Waals surface area contributed by atoms with Crippen LogP contribution in [0.2, 0.25) is 0 Å². The van der Waals surface area contributed by atoms with Crippen LogP contribution in [0.5, 0.6) is 0 Å². The van der Waals surface area contributed by atoms with Gasteiger partial charge in [0, 0.05) is 11.8 Å². The second-order valence-electron chi connectivity index (χ2n) is 5.29. The minimum atomic E-state index is -0.0205. The van der Waals surface area contributed by atoms with Crippen LogP contribution in [0.3, 0.4) is 0 Å². The molecule has 0 aromatic heterocycles. The Bertz CT molecular complexity index is 258. The first-order valence-electron chi connectivity index (χ1n) is 6.63. The van der Waals surface area contributed by atoms with Crippen molar-refractivity contribution in [2.24, 2.45) is 5.92 Å². The third-order valence-corrected chi connectivity index (χ3v) is 4.26. The largest absolute Gasteiger partial charge is 0.322 e. The minimum absolute atomic E-state index is 0.0205. The lowest BCUT2D eigenvalue weighted by molar-refractivity contribution is -0.131. The van der Waals surface area contributed by atoms with Crippen LogP contribution >= 0.6 is 11.8 Å². The van der Waals surface area contributed by atoms with Gasteiger partial charge in [-0.3, -0.25) is 10.1 Å². The van der Waals surface area contributed by atoms with Crippen molar-refractivity contribution in [1.82, 2.24) is 10.2 Å². The van der Waals surface area contributed by atoms with Gasteiger partial charge in [0.05, 0.1) is 12.2 Å². The van der Waals surface area contributed by atoms with E-state index in [0.717, 1.165) is 17.9 Å². The maximum Gasteiger partial charge on any atom is 0.240 e. The number of carbonyl (C=O) groups excluding carboxylic acids is 1. The molecule has 1 aliphatic heterocycles. The lowest BCUT2D eigenvalue weighted by atomic mass is 10.1. The number of carbonyl (C=O) groups is 1. The molecule has 0 aromatic carbocycles. The standard InChI is InChI=1S/C13H26N2OS/c1-6-17-8-10(4)15-12(7-9(2)3)14-11(5)13(15)16/h9-12,14H,6-8H2,1-5H3. The zero-order valence-corrected chi connectivity index (χ0v) is 12.5. The first-order chi connectivity index (χ1) is 7.97. The molecule has 1 amide bonds. The fourth-order valence-electron chi connectivity index (χ4n) is 2.34. The Morgan fingerprint density at radius 2 is 2.06 bits per heavy atom. The molecular formula is C13H26N2OS. The highest BCUT2D eigenvalue weighted by Crippen LogP contribution is 2.22. The van der Waals surface area contributed by atoms with Crippen molar-refractivity contribution < 1.29 is 4.79 Å². The maximum atomic E-state index is 12.2. The van der Waals surface area contributed by atoms with Crippen molar-refractivity contribution in [2.45, 2.75) is 59.3 Å². The Labute approximate surface area is 110 Å². The van der Waals surface area contributed by atoms with Crippen molar-refractivity contribution in [1.29, 1.82) is 0 Å². The monoisotopic (exact) mass is 258 g/mol. The second-order valence-corrected chi connectivity index (χ2v) is 6.61. The van der Waals surface area contributed by atoms with Gasteiger partial charge in [-0.25, -0.2) is 0 Å². The van der Waals surface area contributed by atoms with Crippen molar-refractivity contribution in [3.8, 4) is 0 Å². The fraction of sp³-hybridized carbons (Fsp3) is 0.923. The van der Waals surface area contributed by atoms with Gasteiger partial charge in [-0.15, -0.1) is 0 Å². The molecule has 1 heterocycles. The van der Waals surface area contributed by atoms with E-state index in [2.05, 4.69) is 37.9 Å². The summed E-state index contributed by atoms with van der Waals surface area (Å²) in [5.41, 5.74) is 0. The third-order valence-electron chi connectivity index (χ3n) is 3.14. The zero-order chi connectivity index (χ0) is 13.0. The van der Waals surface area contributed by atoms with E-state index in [-0.39, 0.29) is 18.1 Å². The third kappa shape index (κ3) is 3.88. The van der Waals surface area contributed by atoms with Crippen LogP contribution in [0.15, 0.2) is 0 Å². The first kappa shape index (κ1) is 14.8. The van der Waals surface area contributed by atoms with E-state index in [1.54, 1.807) is 0 Å². The summed E-state index contributed by atoms with van der Waals surface area (Å²) in [5.74, 6) is 3.02. The molecule has 4 heteroatoms. The topological polar surface area (TPSA) is 32.3 Å². The molecule has 0 aromatic rings. The molecule has 1 rings (SSSR count). The first-order valence-corrected chi connectivity index (χ1v) is 7.78. The lowest BCUT2D eigenvalue weighted by Crippen LogP contribution is -2.45. The summed E-state index contributed by atoms with van der Waals surface area (Å²) in [6.45, 7) is 10.7. The Kier molecular flexibility index (Phi) is 5.80. The van der Waals surface area contributed by atoms with Gasteiger partial charge in [-0.2, -0.15) is 11.8 Å². The van der Waals surface area contributed by atoms with E-state index in [0.29, 0.717) is 12.0 Å². The smallest absolute Gasteiger partial charge is 0.240 e. The Hall–Kier alpha value is -0.220. The molecule has 1 N–H and O–H groups in total. The van der Waals surface area contributed by atoms with Gasteiger partial charge < -0.3 is 4.90 Å². The van der Waals surface area contributed by atoms with E-state index in [9.17, 15) is 4.79 Å². The summed E-state index contributed by atoms with van der Waals surface area (Å²) in [6.07, 6.45) is 1.27. The van der Waals surface area contributed by atoms with Crippen LogP contribution in [0.25, 0.3) is 0 Å². The SMILES string of the molecule is CCSCC(C)N1C(=O)C(C)NC1CC(C)C. The average Bonchev–Trinajstić information content (AvgIpc) is 2.50. The van der Waals surface area contributed by atoms with Crippen molar-refractivity contribution in [3.05, 3.63) is 0 Å². The second kappa shape index (κ2) is 6.64. The number of rotatable bonds is 6. The molecule has 100 valence electrons. The lowest BCUT2D eigenvalue weighted by Gasteiger charge is -2.31. The fourth-order valence-corrected chi connectivity index (χ4v) is 3.08. The van der Waals surface area contributed by atoms with Gasteiger partial charge >= 0.3 is 0 Å². The maximum absolute atomic E-state index is 12.2. The van der Waals surface area contributed by atoms with Gasteiger partial charge in [0.1, 0.15) is 0 Å². The molecule has 1 aliphatic rings. The number of nitrogens with one attached hydrogen (secondary N) is 1.